The summed E-state index contributed by atoms with van der Waals surface area (Å²) >= 11 is 3.42. The third-order valence-corrected chi connectivity index (χ3v) is 1.57. The lowest BCUT2D eigenvalue weighted by Crippen LogP contribution is -2.04. The number of hydrogen-bond acceptors (Lipinski definition) is 0. The highest BCUT2D eigenvalue weighted by atomic mass is 79.9. The molecule has 1 heteroatoms. The molecule has 34 valence electrons. The maximum Gasteiger partial charge on any atom is 0.0364 e. The molecule has 1 aliphatic rings. The van der Waals surface area contributed by atoms with Crippen molar-refractivity contribution in [3.05, 3.63) is 11.6 Å². The predicted octanol–water partition coefficient (Wildman–Crippen LogP) is 2.10. The first kappa shape index (κ1) is 4.38. The van der Waals surface area contributed by atoms with Gasteiger partial charge in [-0.25, -0.2) is 0 Å². The van der Waals surface area contributed by atoms with Crippen molar-refractivity contribution >= 4 is 15.9 Å². The van der Waals surface area contributed by atoms with Gasteiger partial charge < -0.3 is 0 Å². The minimum atomic E-state index is 0.692. The fourth-order valence-electron chi connectivity index (χ4n) is 0.583. The van der Waals surface area contributed by atoms with Gasteiger partial charge in [0.1, 0.15) is 0 Å². The van der Waals surface area contributed by atoms with E-state index in [-0.39, 0.29) is 0 Å². The van der Waals surface area contributed by atoms with Crippen LogP contribution in [0, 0.1) is 0 Å². The van der Waals surface area contributed by atoms with Crippen molar-refractivity contribution in [3.63, 3.8) is 0 Å². The predicted molar refractivity (Wildman–Crippen MR) is 31.1 cm³/mol. The van der Waals surface area contributed by atoms with E-state index < -0.39 is 0 Å². The molecule has 0 bridgehead atoms. The minimum Gasteiger partial charge on any atom is -0.0842 e. The first-order chi connectivity index (χ1) is 2.79. The molecule has 0 fully saturated rings. The number of halogens is 1. The first-order valence-electron chi connectivity index (χ1n) is 2.10. The van der Waals surface area contributed by atoms with Crippen molar-refractivity contribution in [2.24, 2.45) is 0 Å². The summed E-state index contributed by atoms with van der Waals surface area (Å²) in [5.41, 5.74) is 1.51. The fourth-order valence-corrected chi connectivity index (χ4v) is 1.54. The van der Waals surface area contributed by atoms with E-state index in [4.69, 9.17) is 0 Å². The molecule has 1 aliphatic carbocycles. The lowest BCUT2D eigenvalue weighted by atomic mass is 10.0. The molecule has 0 saturated carbocycles. The minimum absolute atomic E-state index is 0.692. The van der Waals surface area contributed by atoms with Crippen LogP contribution in [0.3, 0.4) is 0 Å². The van der Waals surface area contributed by atoms with E-state index in [1.165, 1.54) is 12.0 Å². The standard InChI is InChI=1S/C5H7Br/c1-4-2-5(6)3-4/h2,5H,3H2,1H3. The fraction of sp³-hybridized carbons (Fsp3) is 0.600. The Labute approximate surface area is 46.4 Å². The maximum atomic E-state index is 3.42. The normalized spacial score (nSPS) is 31.7. The lowest BCUT2D eigenvalue weighted by molar-refractivity contribution is 0.907. The Balaban J connectivity index is 2.46. The van der Waals surface area contributed by atoms with Gasteiger partial charge in [-0.1, -0.05) is 27.6 Å². The number of hydrogen-bond donors (Lipinski definition) is 0. The van der Waals surface area contributed by atoms with Gasteiger partial charge in [0.05, 0.1) is 0 Å². The van der Waals surface area contributed by atoms with Crippen LogP contribution in [0.1, 0.15) is 13.3 Å². The SMILES string of the molecule is CC1=CC(Br)C1. The molecule has 1 unspecified atom stereocenters. The van der Waals surface area contributed by atoms with Crippen LogP contribution in [0.4, 0.5) is 0 Å². The van der Waals surface area contributed by atoms with Gasteiger partial charge in [0.2, 0.25) is 0 Å². The molecule has 0 aromatic carbocycles. The summed E-state index contributed by atoms with van der Waals surface area (Å²) in [6, 6.07) is 0. The molecule has 0 N–H and O–H groups in total. The van der Waals surface area contributed by atoms with Gasteiger partial charge in [0, 0.05) is 4.83 Å². The number of alkyl halides is 1. The molecule has 0 aromatic heterocycles. The van der Waals surface area contributed by atoms with Gasteiger partial charge in [-0.15, -0.1) is 0 Å². The van der Waals surface area contributed by atoms with E-state index in [1.54, 1.807) is 0 Å². The second-order valence-electron chi connectivity index (χ2n) is 1.73. The van der Waals surface area contributed by atoms with Gasteiger partial charge in [0.25, 0.3) is 0 Å². The quantitative estimate of drug-likeness (QED) is 0.363. The third-order valence-electron chi connectivity index (χ3n) is 0.982. The summed E-state index contributed by atoms with van der Waals surface area (Å²) in [6.07, 6.45) is 3.47. The van der Waals surface area contributed by atoms with E-state index in [9.17, 15) is 0 Å². The van der Waals surface area contributed by atoms with Crippen LogP contribution in [0.15, 0.2) is 11.6 Å². The third kappa shape index (κ3) is 0.648. The molecule has 0 nitrogen and oxygen atoms in total. The van der Waals surface area contributed by atoms with Gasteiger partial charge in [0.15, 0.2) is 0 Å². The Morgan fingerprint density at radius 1 is 2.00 bits per heavy atom. The molecular weight excluding hydrogens is 140 g/mol. The molecule has 0 radical (unpaired) electrons. The smallest absolute Gasteiger partial charge is 0.0364 e. The van der Waals surface area contributed by atoms with E-state index in [0.717, 1.165) is 0 Å². The van der Waals surface area contributed by atoms with Crippen LogP contribution in [0.2, 0.25) is 0 Å². The summed E-state index contributed by atoms with van der Waals surface area (Å²) in [4.78, 5) is 0.692. The molecule has 1 atom stereocenters. The van der Waals surface area contributed by atoms with Crippen LogP contribution >= 0.6 is 15.9 Å². The molecule has 6 heavy (non-hydrogen) atoms. The summed E-state index contributed by atoms with van der Waals surface area (Å²) in [6.45, 7) is 2.15. The monoisotopic (exact) mass is 146 g/mol. The van der Waals surface area contributed by atoms with Crippen molar-refractivity contribution < 1.29 is 0 Å². The number of allylic oxidation sites excluding steroid dienone is 2. The average molecular weight is 147 g/mol. The molecule has 1 rings (SSSR count). The van der Waals surface area contributed by atoms with E-state index >= 15 is 0 Å². The van der Waals surface area contributed by atoms with Crippen molar-refractivity contribution in [2.75, 3.05) is 0 Å². The lowest BCUT2D eigenvalue weighted by Gasteiger charge is -2.14. The van der Waals surface area contributed by atoms with E-state index in [1.807, 2.05) is 0 Å². The van der Waals surface area contributed by atoms with Crippen LogP contribution in [0.5, 0.6) is 0 Å². The average Bonchev–Trinajstić information content (AvgIpc) is 1.33. The van der Waals surface area contributed by atoms with Crippen molar-refractivity contribution in [1.82, 2.24) is 0 Å². The molecule has 0 aliphatic heterocycles. The topological polar surface area (TPSA) is 0 Å². The van der Waals surface area contributed by atoms with Crippen LogP contribution in [-0.2, 0) is 0 Å². The van der Waals surface area contributed by atoms with Gasteiger partial charge >= 0.3 is 0 Å². The van der Waals surface area contributed by atoms with Crippen LogP contribution < -0.4 is 0 Å². The molecule has 0 saturated heterocycles. The highest BCUT2D eigenvalue weighted by Crippen LogP contribution is 2.24. The summed E-state index contributed by atoms with van der Waals surface area (Å²) in [5, 5.41) is 0. The summed E-state index contributed by atoms with van der Waals surface area (Å²) < 4.78 is 0. The largest absolute Gasteiger partial charge is 0.0842 e. The first-order valence-corrected chi connectivity index (χ1v) is 3.02. The van der Waals surface area contributed by atoms with E-state index in [0.29, 0.717) is 4.83 Å². The Morgan fingerprint density at radius 2 is 2.50 bits per heavy atom. The number of rotatable bonds is 0. The Morgan fingerprint density at radius 3 is 2.50 bits per heavy atom. The Bertz CT molecular complexity index is 83.9. The maximum absolute atomic E-state index is 3.42. The highest BCUT2D eigenvalue weighted by molar-refractivity contribution is 9.09. The van der Waals surface area contributed by atoms with Crippen molar-refractivity contribution in [1.29, 1.82) is 0 Å². The van der Waals surface area contributed by atoms with Crippen LogP contribution in [0.25, 0.3) is 0 Å². The molecule has 0 heterocycles. The summed E-state index contributed by atoms with van der Waals surface area (Å²) in [7, 11) is 0. The van der Waals surface area contributed by atoms with Crippen LogP contribution in [-0.4, -0.2) is 4.83 Å². The molecular formula is C5H7Br. The molecule has 0 aromatic rings. The van der Waals surface area contributed by atoms with Crippen molar-refractivity contribution in [2.45, 2.75) is 18.2 Å². The molecule has 0 amide bonds. The van der Waals surface area contributed by atoms with E-state index in [2.05, 4.69) is 28.9 Å². The highest BCUT2D eigenvalue weighted by Gasteiger charge is 2.09. The van der Waals surface area contributed by atoms with Gasteiger partial charge in [-0.05, 0) is 13.3 Å². The second kappa shape index (κ2) is 1.38. The zero-order chi connectivity index (χ0) is 4.57. The van der Waals surface area contributed by atoms with Gasteiger partial charge in [-0.3, -0.25) is 0 Å². The second-order valence-corrected chi connectivity index (χ2v) is 2.91. The zero-order valence-corrected chi connectivity index (χ0v) is 5.33. The zero-order valence-electron chi connectivity index (χ0n) is 3.74. The van der Waals surface area contributed by atoms with Crippen molar-refractivity contribution in [3.8, 4) is 0 Å². The Hall–Kier alpha value is 0.220. The summed E-state index contributed by atoms with van der Waals surface area (Å²) in [5.74, 6) is 0. The Kier molecular flexibility index (Phi) is 1.00. The molecule has 0 spiro atoms. The van der Waals surface area contributed by atoms with Gasteiger partial charge in [-0.2, -0.15) is 0 Å².